The van der Waals surface area contributed by atoms with Gasteiger partial charge in [0.2, 0.25) is 0 Å². The summed E-state index contributed by atoms with van der Waals surface area (Å²) in [4.78, 5) is 16.0. The van der Waals surface area contributed by atoms with Crippen LogP contribution in [0.1, 0.15) is 16.8 Å². The van der Waals surface area contributed by atoms with Crippen LogP contribution in [0.3, 0.4) is 0 Å². The summed E-state index contributed by atoms with van der Waals surface area (Å²) in [5.41, 5.74) is 6.42. The highest BCUT2D eigenvalue weighted by atomic mass is 32.2. The van der Waals surface area contributed by atoms with Crippen LogP contribution >= 0.6 is 11.8 Å². The van der Waals surface area contributed by atoms with E-state index in [0.29, 0.717) is 6.42 Å². The van der Waals surface area contributed by atoms with E-state index in [0.717, 1.165) is 27.7 Å². The van der Waals surface area contributed by atoms with Crippen molar-refractivity contribution in [1.82, 2.24) is 4.98 Å². The van der Waals surface area contributed by atoms with Crippen LogP contribution in [0.5, 0.6) is 0 Å². The van der Waals surface area contributed by atoms with Crippen molar-refractivity contribution >= 4 is 28.6 Å². The molecule has 4 rings (SSSR count). The fraction of sp³-hybridized carbons (Fsp3) is 0.125. The lowest BCUT2D eigenvalue weighted by atomic mass is 9.99. The first-order valence-electron chi connectivity index (χ1n) is 9.18. The van der Waals surface area contributed by atoms with E-state index in [1.807, 2.05) is 24.3 Å². The van der Waals surface area contributed by atoms with Crippen LogP contribution in [0.4, 0.5) is 0 Å². The normalized spacial score (nSPS) is 11.0. The van der Waals surface area contributed by atoms with Crippen LogP contribution in [0.15, 0.2) is 77.7 Å². The van der Waals surface area contributed by atoms with Crippen molar-refractivity contribution in [3.05, 3.63) is 89.6 Å². The smallest absolute Gasteiger partial charge is 0.307 e. The van der Waals surface area contributed by atoms with Crippen LogP contribution in [0.2, 0.25) is 0 Å². The van der Waals surface area contributed by atoms with Gasteiger partial charge in [0, 0.05) is 27.9 Å². The number of H-pyrrole nitrogens is 1. The van der Waals surface area contributed by atoms with Crippen molar-refractivity contribution < 1.29 is 9.90 Å². The Kier molecular flexibility index (Phi) is 5.22. The fourth-order valence-electron chi connectivity index (χ4n) is 3.65. The van der Waals surface area contributed by atoms with Crippen molar-refractivity contribution in [2.75, 3.05) is 6.26 Å². The zero-order valence-electron chi connectivity index (χ0n) is 15.6. The summed E-state index contributed by atoms with van der Waals surface area (Å²) in [6.45, 7) is 0. The molecule has 4 heteroatoms. The molecule has 0 saturated carbocycles. The van der Waals surface area contributed by atoms with E-state index in [1.165, 1.54) is 16.0 Å². The quantitative estimate of drug-likeness (QED) is 0.413. The van der Waals surface area contributed by atoms with Crippen LogP contribution in [0, 0.1) is 0 Å². The van der Waals surface area contributed by atoms with E-state index in [4.69, 9.17) is 0 Å². The molecule has 0 aliphatic rings. The molecule has 0 aliphatic carbocycles. The minimum Gasteiger partial charge on any atom is -0.481 e. The second-order valence-corrected chi connectivity index (χ2v) is 7.62. The second-order valence-electron chi connectivity index (χ2n) is 6.77. The molecule has 0 bridgehead atoms. The third-order valence-corrected chi connectivity index (χ3v) is 5.78. The van der Waals surface area contributed by atoms with E-state index in [1.54, 1.807) is 11.8 Å². The summed E-state index contributed by atoms with van der Waals surface area (Å²) in [5, 5.41) is 10.3. The first-order valence-corrected chi connectivity index (χ1v) is 10.4. The number of hydrogen-bond acceptors (Lipinski definition) is 2. The molecule has 0 spiro atoms. The third-order valence-electron chi connectivity index (χ3n) is 4.98. The van der Waals surface area contributed by atoms with Crippen molar-refractivity contribution in [3.63, 3.8) is 0 Å². The van der Waals surface area contributed by atoms with Gasteiger partial charge in [0.15, 0.2) is 0 Å². The molecule has 1 aromatic heterocycles. The molecule has 2 N–H and O–H groups in total. The number of nitrogens with one attached hydrogen (secondary N) is 1. The van der Waals surface area contributed by atoms with Crippen LogP contribution in [0.25, 0.3) is 22.0 Å². The first kappa shape index (κ1) is 18.4. The Labute approximate surface area is 168 Å². The number of aromatic nitrogens is 1. The number of carboxylic acids is 1. The number of hydrogen-bond donors (Lipinski definition) is 2. The van der Waals surface area contributed by atoms with Gasteiger partial charge in [0.25, 0.3) is 0 Å². The lowest BCUT2D eigenvalue weighted by molar-refractivity contribution is -0.136. The van der Waals surface area contributed by atoms with Gasteiger partial charge in [-0.05, 0) is 40.6 Å². The molecule has 3 aromatic carbocycles. The zero-order chi connectivity index (χ0) is 19.5. The Hall–Kier alpha value is -2.98. The van der Waals surface area contributed by atoms with Gasteiger partial charge >= 0.3 is 5.97 Å². The summed E-state index contributed by atoms with van der Waals surface area (Å²) < 4.78 is 0. The Bertz CT molecular complexity index is 1130. The molecule has 0 radical (unpaired) electrons. The summed E-state index contributed by atoms with van der Waals surface area (Å²) in [6.07, 6.45) is 2.80. The molecular formula is C24H21NO2S. The highest BCUT2D eigenvalue weighted by Crippen LogP contribution is 2.31. The maximum Gasteiger partial charge on any atom is 0.307 e. The first-order chi connectivity index (χ1) is 13.7. The van der Waals surface area contributed by atoms with Crippen molar-refractivity contribution in [2.24, 2.45) is 0 Å². The lowest BCUT2D eigenvalue weighted by Gasteiger charge is -2.09. The SMILES string of the molecule is CSc1ccccc1-c1ccc(Cc2[nH]c3ccccc3c2CC(=O)O)cc1. The average molecular weight is 388 g/mol. The number of carboxylic acid groups (broad SMARTS) is 1. The van der Waals surface area contributed by atoms with Gasteiger partial charge in [-0.25, -0.2) is 0 Å². The molecule has 0 saturated heterocycles. The van der Waals surface area contributed by atoms with Gasteiger partial charge in [0.05, 0.1) is 6.42 Å². The predicted octanol–water partition coefficient (Wildman–Crippen LogP) is 5.77. The Morgan fingerprint density at radius 3 is 2.43 bits per heavy atom. The largest absolute Gasteiger partial charge is 0.481 e. The number of thioether (sulfide) groups is 1. The van der Waals surface area contributed by atoms with Crippen LogP contribution in [-0.2, 0) is 17.6 Å². The van der Waals surface area contributed by atoms with E-state index in [9.17, 15) is 9.90 Å². The number of carbonyl (C=O) groups is 1. The number of para-hydroxylation sites is 1. The second kappa shape index (κ2) is 7.95. The van der Waals surface area contributed by atoms with Crippen LogP contribution < -0.4 is 0 Å². The summed E-state index contributed by atoms with van der Waals surface area (Å²) >= 11 is 1.75. The number of rotatable bonds is 6. The topological polar surface area (TPSA) is 53.1 Å². The molecule has 0 atom stereocenters. The van der Waals surface area contributed by atoms with E-state index >= 15 is 0 Å². The van der Waals surface area contributed by atoms with Crippen molar-refractivity contribution in [1.29, 1.82) is 0 Å². The predicted molar refractivity (Wildman–Crippen MR) is 116 cm³/mol. The van der Waals surface area contributed by atoms with Gasteiger partial charge in [-0.2, -0.15) is 0 Å². The van der Waals surface area contributed by atoms with Crippen LogP contribution in [-0.4, -0.2) is 22.3 Å². The van der Waals surface area contributed by atoms with Gasteiger partial charge in [-0.1, -0.05) is 60.7 Å². The highest BCUT2D eigenvalue weighted by Gasteiger charge is 2.14. The molecule has 28 heavy (non-hydrogen) atoms. The molecule has 140 valence electrons. The standard InChI is InChI=1S/C24H21NO2S/c1-28-23-9-5-3-6-18(23)17-12-10-16(11-13-17)14-22-20(15-24(26)27)19-7-2-4-8-21(19)25-22/h2-13,25H,14-15H2,1H3,(H,26,27). The van der Waals surface area contributed by atoms with Gasteiger partial charge < -0.3 is 10.1 Å². The monoisotopic (exact) mass is 387 g/mol. The minimum absolute atomic E-state index is 0.0263. The molecule has 0 fully saturated rings. The zero-order valence-corrected chi connectivity index (χ0v) is 16.4. The van der Waals surface area contributed by atoms with E-state index < -0.39 is 5.97 Å². The third kappa shape index (κ3) is 3.69. The van der Waals surface area contributed by atoms with Crippen molar-refractivity contribution in [2.45, 2.75) is 17.7 Å². The number of aliphatic carboxylic acids is 1. The molecule has 1 heterocycles. The van der Waals surface area contributed by atoms with Gasteiger partial charge in [-0.3, -0.25) is 4.79 Å². The number of benzene rings is 3. The number of fused-ring (bicyclic) bond motifs is 1. The molecule has 0 unspecified atom stereocenters. The van der Waals surface area contributed by atoms with E-state index in [-0.39, 0.29) is 6.42 Å². The maximum absolute atomic E-state index is 11.4. The average Bonchev–Trinajstić information content (AvgIpc) is 3.05. The van der Waals surface area contributed by atoms with Gasteiger partial charge in [0.1, 0.15) is 0 Å². The fourth-order valence-corrected chi connectivity index (χ4v) is 4.27. The number of aromatic amines is 1. The van der Waals surface area contributed by atoms with Crippen molar-refractivity contribution in [3.8, 4) is 11.1 Å². The molecule has 0 aliphatic heterocycles. The molecular weight excluding hydrogens is 366 g/mol. The maximum atomic E-state index is 11.4. The minimum atomic E-state index is -0.810. The van der Waals surface area contributed by atoms with Gasteiger partial charge in [-0.15, -0.1) is 11.8 Å². The molecule has 3 nitrogen and oxygen atoms in total. The van der Waals surface area contributed by atoms with E-state index in [2.05, 4.69) is 59.8 Å². The Morgan fingerprint density at radius 1 is 0.964 bits per heavy atom. The Morgan fingerprint density at radius 2 is 1.68 bits per heavy atom. The lowest BCUT2D eigenvalue weighted by Crippen LogP contribution is -2.03. The molecule has 0 amide bonds. The molecule has 4 aromatic rings. The Balaban J connectivity index is 1.66. The summed E-state index contributed by atoms with van der Waals surface area (Å²) in [5.74, 6) is -0.810. The summed E-state index contributed by atoms with van der Waals surface area (Å²) in [7, 11) is 0. The highest BCUT2D eigenvalue weighted by molar-refractivity contribution is 7.98. The summed E-state index contributed by atoms with van der Waals surface area (Å²) in [6, 6.07) is 24.8.